The zero-order chi connectivity index (χ0) is 17.6. The largest absolute Gasteiger partial charge is 0.457 e. The number of likely N-dealkylation sites (tertiary alicyclic amines) is 1. The molecule has 0 spiro atoms. The molecule has 25 heavy (non-hydrogen) atoms. The summed E-state index contributed by atoms with van der Waals surface area (Å²) < 4.78 is 5.68. The van der Waals surface area contributed by atoms with Crippen molar-refractivity contribution in [3.8, 4) is 11.5 Å². The monoisotopic (exact) mass is 338 g/mol. The molecule has 1 N–H and O–H groups in total. The second kappa shape index (κ2) is 7.61. The van der Waals surface area contributed by atoms with Crippen molar-refractivity contribution in [3.05, 3.63) is 54.6 Å². The molecule has 3 rings (SSSR count). The summed E-state index contributed by atoms with van der Waals surface area (Å²) >= 11 is 0. The van der Waals surface area contributed by atoms with Crippen LogP contribution in [0.5, 0.6) is 11.5 Å². The Balaban J connectivity index is 1.50. The average Bonchev–Trinajstić information content (AvgIpc) is 2.94. The highest BCUT2D eigenvalue weighted by molar-refractivity contribution is 6.02. The van der Waals surface area contributed by atoms with Crippen LogP contribution >= 0.6 is 0 Å². The number of benzene rings is 2. The quantitative estimate of drug-likeness (QED) is 0.822. The molecule has 3 amide bonds. The van der Waals surface area contributed by atoms with Gasteiger partial charge in [-0.15, -0.1) is 0 Å². The molecule has 0 radical (unpaired) electrons. The van der Waals surface area contributed by atoms with Gasteiger partial charge in [-0.3, -0.25) is 19.3 Å². The number of nitrogens with one attached hydrogen (secondary N) is 1. The van der Waals surface area contributed by atoms with E-state index in [1.807, 2.05) is 30.3 Å². The van der Waals surface area contributed by atoms with Crippen molar-refractivity contribution >= 4 is 23.4 Å². The van der Waals surface area contributed by atoms with Crippen molar-refractivity contribution < 1.29 is 19.1 Å². The predicted molar refractivity (Wildman–Crippen MR) is 92.2 cm³/mol. The smallest absolute Gasteiger partial charge is 0.229 e. The van der Waals surface area contributed by atoms with Gasteiger partial charge in [0.15, 0.2) is 0 Å². The molecule has 0 aromatic heterocycles. The Hall–Kier alpha value is -3.15. The van der Waals surface area contributed by atoms with Gasteiger partial charge in [-0.25, -0.2) is 0 Å². The standard InChI is InChI=1S/C19H18N2O4/c22-17(12-13-21-18(23)10-11-19(21)24)20-14-6-8-16(9-7-14)25-15-4-2-1-3-5-15/h1-9H,10-13H2,(H,20,22). The van der Waals surface area contributed by atoms with Crippen LogP contribution in [0.1, 0.15) is 19.3 Å². The van der Waals surface area contributed by atoms with Crippen LogP contribution in [0.15, 0.2) is 54.6 Å². The number of imide groups is 1. The molecule has 0 bridgehead atoms. The number of nitrogens with zero attached hydrogens (tertiary/aromatic N) is 1. The SMILES string of the molecule is O=C(CCN1C(=O)CCC1=O)Nc1ccc(Oc2ccccc2)cc1. The van der Waals surface area contributed by atoms with Gasteiger partial charge in [-0.05, 0) is 36.4 Å². The van der Waals surface area contributed by atoms with Crippen LogP contribution in [0.3, 0.4) is 0 Å². The molecular formula is C19H18N2O4. The van der Waals surface area contributed by atoms with Gasteiger partial charge in [0.1, 0.15) is 11.5 Å². The first kappa shape index (κ1) is 16.7. The molecule has 1 aliphatic rings. The molecular weight excluding hydrogens is 320 g/mol. The molecule has 1 heterocycles. The minimum Gasteiger partial charge on any atom is -0.457 e. The third-order valence-electron chi connectivity index (χ3n) is 3.83. The van der Waals surface area contributed by atoms with Crippen LogP contribution in [0.25, 0.3) is 0 Å². The third kappa shape index (κ3) is 4.44. The molecule has 0 atom stereocenters. The molecule has 2 aromatic carbocycles. The highest BCUT2D eigenvalue weighted by atomic mass is 16.5. The third-order valence-corrected chi connectivity index (χ3v) is 3.83. The topological polar surface area (TPSA) is 75.7 Å². The van der Waals surface area contributed by atoms with Crippen LogP contribution < -0.4 is 10.1 Å². The van der Waals surface area contributed by atoms with Crippen LogP contribution in [0.2, 0.25) is 0 Å². The Kier molecular flexibility index (Phi) is 5.09. The van der Waals surface area contributed by atoms with E-state index in [4.69, 9.17) is 4.74 Å². The van der Waals surface area contributed by atoms with Gasteiger partial charge in [0, 0.05) is 31.5 Å². The summed E-state index contributed by atoms with van der Waals surface area (Å²) in [5.74, 6) is 0.737. The summed E-state index contributed by atoms with van der Waals surface area (Å²) in [7, 11) is 0. The van der Waals surface area contributed by atoms with E-state index in [0.29, 0.717) is 11.4 Å². The number of amides is 3. The van der Waals surface area contributed by atoms with Crippen LogP contribution in [0.4, 0.5) is 5.69 Å². The summed E-state index contributed by atoms with van der Waals surface area (Å²) in [4.78, 5) is 36.1. The molecule has 0 unspecified atom stereocenters. The van der Waals surface area contributed by atoms with E-state index in [2.05, 4.69) is 5.32 Å². The normalized spacial score (nSPS) is 13.8. The molecule has 0 saturated carbocycles. The average molecular weight is 338 g/mol. The van der Waals surface area contributed by atoms with E-state index >= 15 is 0 Å². The number of anilines is 1. The number of carbonyl (C=O) groups is 3. The van der Waals surface area contributed by atoms with Gasteiger partial charge >= 0.3 is 0 Å². The number of hydrogen-bond donors (Lipinski definition) is 1. The Morgan fingerprint density at radius 3 is 2.16 bits per heavy atom. The number of para-hydroxylation sites is 1. The molecule has 6 nitrogen and oxygen atoms in total. The Labute approximate surface area is 145 Å². The zero-order valence-electron chi connectivity index (χ0n) is 13.6. The Morgan fingerprint density at radius 2 is 1.52 bits per heavy atom. The van der Waals surface area contributed by atoms with Crippen molar-refractivity contribution in [2.75, 3.05) is 11.9 Å². The minimum absolute atomic E-state index is 0.0831. The number of hydrogen-bond acceptors (Lipinski definition) is 4. The molecule has 6 heteroatoms. The highest BCUT2D eigenvalue weighted by Gasteiger charge is 2.28. The van der Waals surface area contributed by atoms with Crippen molar-refractivity contribution in [1.29, 1.82) is 0 Å². The van der Waals surface area contributed by atoms with Crippen LogP contribution in [-0.2, 0) is 14.4 Å². The van der Waals surface area contributed by atoms with Crippen molar-refractivity contribution in [1.82, 2.24) is 4.90 Å². The maximum absolute atomic E-state index is 12.0. The first-order valence-corrected chi connectivity index (χ1v) is 8.08. The van der Waals surface area contributed by atoms with Gasteiger partial charge in [0.05, 0.1) is 0 Å². The van der Waals surface area contributed by atoms with Crippen molar-refractivity contribution in [3.63, 3.8) is 0 Å². The fourth-order valence-electron chi connectivity index (χ4n) is 2.54. The summed E-state index contributed by atoms with van der Waals surface area (Å²) in [5, 5.41) is 2.74. The fraction of sp³-hybridized carbons (Fsp3) is 0.211. The Bertz CT molecular complexity index is 756. The van der Waals surface area contributed by atoms with Gasteiger partial charge in [0.25, 0.3) is 0 Å². The predicted octanol–water partition coefficient (Wildman–Crippen LogP) is 2.96. The molecule has 0 aliphatic carbocycles. The van der Waals surface area contributed by atoms with E-state index in [0.717, 1.165) is 10.6 Å². The second-order valence-corrected chi connectivity index (χ2v) is 5.68. The molecule has 128 valence electrons. The molecule has 1 saturated heterocycles. The first-order valence-electron chi connectivity index (χ1n) is 8.08. The van der Waals surface area contributed by atoms with Crippen molar-refractivity contribution in [2.24, 2.45) is 0 Å². The van der Waals surface area contributed by atoms with E-state index in [9.17, 15) is 14.4 Å². The second-order valence-electron chi connectivity index (χ2n) is 5.68. The summed E-state index contributed by atoms with van der Waals surface area (Å²) in [6, 6.07) is 16.4. The summed E-state index contributed by atoms with van der Waals surface area (Å²) in [6.07, 6.45) is 0.562. The van der Waals surface area contributed by atoms with Gasteiger partial charge in [-0.2, -0.15) is 0 Å². The molecule has 1 fully saturated rings. The van der Waals surface area contributed by atoms with E-state index in [1.54, 1.807) is 24.3 Å². The first-order chi connectivity index (χ1) is 12.1. The molecule has 1 aliphatic heterocycles. The van der Waals surface area contributed by atoms with Gasteiger partial charge < -0.3 is 10.1 Å². The minimum atomic E-state index is -0.246. The maximum atomic E-state index is 12.0. The van der Waals surface area contributed by atoms with E-state index < -0.39 is 0 Å². The van der Waals surface area contributed by atoms with E-state index in [-0.39, 0.29) is 43.5 Å². The maximum Gasteiger partial charge on any atom is 0.229 e. The molecule has 2 aromatic rings. The summed E-state index contributed by atoms with van der Waals surface area (Å²) in [6.45, 7) is 0.124. The number of carbonyl (C=O) groups excluding carboxylic acids is 3. The lowest BCUT2D eigenvalue weighted by Gasteiger charge is -2.13. The van der Waals surface area contributed by atoms with Crippen LogP contribution in [0, 0.1) is 0 Å². The van der Waals surface area contributed by atoms with Crippen LogP contribution in [-0.4, -0.2) is 29.2 Å². The lowest BCUT2D eigenvalue weighted by molar-refractivity contribution is -0.138. The number of ether oxygens (including phenoxy) is 1. The Morgan fingerprint density at radius 1 is 0.920 bits per heavy atom. The highest BCUT2D eigenvalue weighted by Crippen LogP contribution is 2.22. The van der Waals surface area contributed by atoms with Gasteiger partial charge in [0.2, 0.25) is 17.7 Å². The zero-order valence-corrected chi connectivity index (χ0v) is 13.6. The van der Waals surface area contributed by atoms with Crippen molar-refractivity contribution in [2.45, 2.75) is 19.3 Å². The fourth-order valence-corrected chi connectivity index (χ4v) is 2.54. The lowest BCUT2D eigenvalue weighted by atomic mass is 10.2. The van der Waals surface area contributed by atoms with Gasteiger partial charge in [-0.1, -0.05) is 18.2 Å². The van der Waals surface area contributed by atoms with E-state index in [1.165, 1.54) is 0 Å². The summed E-state index contributed by atoms with van der Waals surface area (Å²) in [5.41, 5.74) is 0.629. The lowest BCUT2D eigenvalue weighted by Crippen LogP contribution is -2.32. The number of rotatable bonds is 6.